The van der Waals surface area contributed by atoms with Gasteiger partial charge in [0, 0.05) is 24.9 Å². The predicted octanol–water partition coefficient (Wildman–Crippen LogP) is 3.37. The van der Waals surface area contributed by atoms with Crippen LogP contribution in [0.15, 0.2) is 0 Å². The van der Waals surface area contributed by atoms with Gasteiger partial charge in [-0.3, -0.25) is 4.79 Å². The van der Waals surface area contributed by atoms with Gasteiger partial charge in [0.05, 0.1) is 6.10 Å². The van der Waals surface area contributed by atoms with Crippen LogP contribution in [0.3, 0.4) is 0 Å². The average molecular weight is 339 g/mol. The second-order valence-corrected chi connectivity index (χ2v) is 8.76. The number of hydrogen-bond donors (Lipinski definition) is 2. The van der Waals surface area contributed by atoms with Gasteiger partial charge in [0.2, 0.25) is 5.91 Å². The van der Waals surface area contributed by atoms with Crippen LogP contribution in [0.4, 0.5) is 0 Å². The molecule has 2 fully saturated rings. The third-order valence-corrected chi connectivity index (χ3v) is 6.64. The second-order valence-electron chi connectivity index (χ2n) is 8.76. The van der Waals surface area contributed by atoms with Crippen LogP contribution in [0.1, 0.15) is 73.1 Å². The van der Waals surface area contributed by atoms with Crippen molar-refractivity contribution in [3.63, 3.8) is 0 Å². The molecule has 1 amide bonds. The third kappa shape index (κ3) is 3.19. The van der Waals surface area contributed by atoms with Crippen molar-refractivity contribution in [1.29, 1.82) is 0 Å². The van der Waals surface area contributed by atoms with Crippen LogP contribution in [-0.4, -0.2) is 35.2 Å². The molecule has 0 radical (unpaired) electrons. The molecule has 2 aliphatic carbocycles. The Bertz CT molecular complexity index is 500. The van der Waals surface area contributed by atoms with Crippen LogP contribution < -0.4 is 5.32 Å². The molecule has 24 heavy (non-hydrogen) atoms. The van der Waals surface area contributed by atoms with Crippen molar-refractivity contribution < 1.29 is 19.4 Å². The smallest absolute Gasteiger partial charge is 0.330 e. The number of hydrogen-bond acceptors (Lipinski definition) is 3. The van der Waals surface area contributed by atoms with Gasteiger partial charge in [0.1, 0.15) is 5.54 Å². The van der Waals surface area contributed by atoms with E-state index in [1.165, 1.54) is 6.42 Å². The highest BCUT2D eigenvalue weighted by Crippen LogP contribution is 2.52. The number of carboxylic acid groups (broad SMARTS) is 1. The van der Waals surface area contributed by atoms with E-state index < -0.39 is 16.9 Å². The maximum absolute atomic E-state index is 12.6. The topological polar surface area (TPSA) is 75.6 Å². The van der Waals surface area contributed by atoms with E-state index in [2.05, 4.69) is 19.2 Å². The first kappa shape index (κ1) is 19.2. The molecule has 5 heteroatoms. The van der Waals surface area contributed by atoms with E-state index >= 15 is 0 Å². The summed E-state index contributed by atoms with van der Waals surface area (Å²) in [6.07, 6.45) is 5.17. The molecule has 2 N–H and O–H groups in total. The molecule has 0 bridgehead atoms. The molecule has 3 atom stereocenters. The highest BCUT2D eigenvalue weighted by Gasteiger charge is 2.66. The molecule has 0 heterocycles. The van der Waals surface area contributed by atoms with Gasteiger partial charge in [0.25, 0.3) is 0 Å². The van der Waals surface area contributed by atoms with Crippen LogP contribution in [0.25, 0.3) is 0 Å². The molecule has 2 saturated carbocycles. The van der Waals surface area contributed by atoms with E-state index in [-0.39, 0.29) is 17.4 Å². The van der Waals surface area contributed by atoms with Crippen molar-refractivity contribution in [2.75, 3.05) is 6.61 Å². The molecule has 5 nitrogen and oxygen atoms in total. The van der Waals surface area contributed by atoms with Gasteiger partial charge < -0.3 is 15.2 Å². The Morgan fingerprint density at radius 2 is 1.88 bits per heavy atom. The molecule has 0 aromatic carbocycles. The maximum atomic E-state index is 12.6. The Morgan fingerprint density at radius 1 is 1.21 bits per heavy atom. The standard InChI is InChI=1S/C19H33NO4/c1-6-24-14-12-19(16(22)23,18(14,4)5)20-15(21)11-13-9-7-8-10-17(13,2)3/h13-14H,6-12H2,1-5H3,(H,20,21)(H,22,23). The van der Waals surface area contributed by atoms with Gasteiger partial charge in [-0.25, -0.2) is 4.79 Å². The Kier molecular flexibility index (Phi) is 5.34. The summed E-state index contributed by atoms with van der Waals surface area (Å²) in [4.78, 5) is 24.6. The normalized spacial score (nSPS) is 34.2. The zero-order chi connectivity index (χ0) is 18.2. The summed E-state index contributed by atoms with van der Waals surface area (Å²) in [5.74, 6) is -0.775. The molecule has 0 spiro atoms. The van der Waals surface area contributed by atoms with Crippen LogP contribution >= 0.6 is 0 Å². The van der Waals surface area contributed by atoms with E-state index in [1.807, 2.05) is 20.8 Å². The number of ether oxygens (including phenoxy) is 1. The molecule has 2 aliphatic rings. The van der Waals surface area contributed by atoms with Crippen LogP contribution in [-0.2, 0) is 14.3 Å². The molecular formula is C19H33NO4. The third-order valence-electron chi connectivity index (χ3n) is 6.64. The number of aliphatic carboxylic acids is 1. The molecule has 0 saturated heterocycles. The lowest BCUT2D eigenvalue weighted by Gasteiger charge is -2.58. The minimum atomic E-state index is -1.22. The zero-order valence-electron chi connectivity index (χ0n) is 15.8. The lowest BCUT2D eigenvalue weighted by atomic mass is 9.54. The van der Waals surface area contributed by atoms with Crippen molar-refractivity contribution in [1.82, 2.24) is 5.32 Å². The van der Waals surface area contributed by atoms with Crippen LogP contribution in [0.5, 0.6) is 0 Å². The SMILES string of the molecule is CCOC1CC(NC(=O)CC2CCCCC2(C)C)(C(=O)O)C1(C)C. The molecule has 138 valence electrons. The minimum Gasteiger partial charge on any atom is -0.479 e. The summed E-state index contributed by atoms with van der Waals surface area (Å²) in [5.41, 5.74) is -1.69. The lowest BCUT2D eigenvalue weighted by molar-refractivity contribution is -0.195. The summed E-state index contributed by atoms with van der Waals surface area (Å²) in [6.45, 7) is 10.6. The largest absolute Gasteiger partial charge is 0.479 e. The maximum Gasteiger partial charge on any atom is 0.330 e. The average Bonchev–Trinajstić information content (AvgIpc) is 2.47. The van der Waals surface area contributed by atoms with E-state index in [1.54, 1.807) is 0 Å². The number of nitrogens with one attached hydrogen (secondary N) is 1. The molecule has 2 rings (SSSR count). The van der Waals surface area contributed by atoms with E-state index in [4.69, 9.17) is 4.74 Å². The molecule has 3 unspecified atom stereocenters. The van der Waals surface area contributed by atoms with Gasteiger partial charge in [-0.2, -0.15) is 0 Å². The van der Waals surface area contributed by atoms with Crippen molar-refractivity contribution in [2.24, 2.45) is 16.7 Å². The number of carboxylic acids is 1. The van der Waals surface area contributed by atoms with Crippen molar-refractivity contribution >= 4 is 11.9 Å². The Balaban J connectivity index is 2.07. The molecule has 0 aromatic heterocycles. The summed E-state index contributed by atoms with van der Waals surface area (Å²) >= 11 is 0. The first-order chi connectivity index (χ1) is 11.1. The van der Waals surface area contributed by atoms with Gasteiger partial charge in [-0.15, -0.1) is 0 Å². The van der Waals surface area contributed by atoms with Gasteiger partial charge in [-0.05, 0) is 31.1 Å². The van der Waals surface area contributed by atoms with Crippen molar-refractivity contribution in [2.45, 2.75) is 84.8 Å². The first-order valence-electron chi connectivity index (χ1n) is 9.23. The van der Waals surface area contributed by atoms with E-state index in [0.717, 1.165) is 19.3 Å². The monoisotopic (exact) mass is 339 g/mol. The number of carbonyl (C=O) groups is 2. The zero-order valence-corrected chi connectivity index (χ0v) is 15.8. The van der Waals surface area contributed by atoms with Crippen LogP contribution in [0, 0.1) is 16.7 Å². The predicted molar refractivity (Wildman–Crippen MR) is 92.7 cm³/mol. The Labute approximate surface area is 145 Å². The molecular weight excluding hydrogens is 306 g/mol. The van der Waals surface area contributed by atoms with Crippen molar-refractivity contribution in [3.8, 4) is 0 Å². The summed E-state index contributed by atoms with van der Waals surface area (Å²) in [6, 6.07) is 0. The Morgan fingerprint density at radius 3 is 2.38 bits per heavy atom. The number of rotatable bonds is 6. The minimum absolute atomic E-state index is 0.134. The lowest BCUT2D eigenvalue weighted by Crippen LogP contribution is -2.76. The summed E-state index contributed by atoms with van der Waals surface area (Å²) in [7, 11) is 0. The molecule has 0 aliphatic heterocycles. The van der Waals surface area contributed by atoms with Gasteiger partial charge in [0.15, 0.2) is 0 Å². The number of amides is 1. The highest BCUT2D eigenvalue weighted by atomic mass is 16.5. The van der Waals surface area contributed by atoms with E-state index in [9.17, 15) is 14.7 Å². The summed E-state index contributed by atoms with van der Waals surface area (Å²) < 4.78 is 5.65. The highest BCUT2D eigenvalue weighted by molar-refractivity contribution is 5.89. The quantitative estimate of drug-likeness (QED) is 0.778. The Hall–Kier alpha value is -1.10. The first-order valence-corrected chi connectivity index (χ1v) is 9.23. The summed E-state index contributed by atoms with van der Waals surface area (Å²) in [5, 5.41) is 12.7. The number of carbonyl (C=O) groups excluding carboxylic acids is 1. The molecule has 0 aromatic rings. The van der Waals surface area contributed by atoms with E-state index in [0.29, 0.717) is 25.4 Å². The second kappa shape index (κ2) is 6.66. The fraction of sp³-hybridized carbons (Fsp3) is 0.895. The van der Waals surface area contributed by atoms with Gasteiger partial charge in [-0.1, -0.05) is 40.5 Å². The van der Waals surface area contributed by atoms with Crippen molar-refractivity contribution in [3.05, 3.63) is 0 Å². The van der Waals surface area contributed by atoms with Gasteiger partial charge >= 0.3 is 5.97 Å². The van der Waals surface area contributed by atoms with Crippen LogP contribution in [0.2, 0.25) is 0 Å². The fourth-order valence-electron chi connectivity index (χ4n) is 4.49. The fourth-order valence-corrected chi connectivity index (χ4v) is 4.49.